The summed E-state index contributed by atoms with van der Waals surface area (Å²) in [5.74, 6) is 0.246. The third-order valence-electron chi connectivity index (χ3n) is 4.03. The Balaban J connectivity index is 2.15. The van der Waals surface area contributed by atoms with Gasteiger partial charge in [-0.05, 0) is 44.5 Å². The number of sulfonamides is 1. The molecule has 0 bridgehead atoms. The molecule has 0 aliphatic heterocycles. The van der Waals surface area contributed by atoms with E-state index in [1.165, 1.54) is 39.3 Å². The molecule has 0 aliphatic rings. The molecule has 27 heavy (non-hydrogen) atoms. The quantitative estimate of drug-likeness (QED) is 0.755. The van der Waals surface area contributed by atoms with Gasteiger partial charge in [-0.15, -0.1) is 0 Å². The first-order valence-corrected chi connectivity index (χ1v) is 9.78. The van der Waals surface area contributed by atoms with E-state index in [-0.39, 0.29) is 10.6 Å². The number of rotatable bonds is 7. The van der Waals surface area contributed by atoms with Crippen LogP contribution in [0.4, 0.5) is 5.69 Å². The highest BCUT2D eigenvalue weighted by Gasteiger charge is 2.23. The van der Waals surface area contributed by atoms with E-state index in [2.05, 4.69) is 10.0 Å². The molecule has 2 aromatic carbocycles. The summed E-state index contributed by atoms with van der Waals surface area (Å²) in [6, 6.07) is 8.86. The van der Waals surface area contributed by atoms with Crippen molar-refractivity contribution in [3.05, 3.63) is 47.5 Å². The van der Waals surface area contributed by atoms with E-state index >= 15 is 0 Å². The van der Waals surface area contributed by atoms with Crippen LogP contribution in [0.1, 0.15) is 18.1 Å². The van der Waals surface area contributed by atoms with E-state index in [0.29, 0.717) is 11.4 Å². The summed E-state index contributed by atoms with van der Waals surface area (Å²) < 4.78 is 37.8. The lowest BCUT2D eigenvalue weighted by Crippen LogP contribution is -2.41. The fraction of sp³-hybridized carbons (Fsp3) is 0.316. The highest BCUT2D eigenvalue weighted by Crippen LogP contribution is 2.29. The molecule has 0 aromatic heterocycles. The predicted octanol–water partition coefficient (Wildman–Crippen LogP) is 2.63. The first-order valence-electron chi connectivity index (χ1n) is 8.30. The molecule has 0 saturated carbocycles. The maximum absolute atomic E-state index is 12.6. The lowest BCUT2D eigenvalue weighted by atomic mass is 10.1. The Labute approximate surface area is 159 Å². The van der Waals surface area contributed by atoms with Crippen molar-refractivity contribution in [3.8, 4) is 11.5 Å². The summed E-state index contributed by atoms with van der Waals surface area (Å²) in [5.41, 5.74) is 2.62. The van der Waals surface area contributed by atoms with Crippen molar-refractivity contribution in [2.45, 2.75) is 31.7 Å². The lowest BCUT2D eigenvalue weighted by molar-refractivity contribution is -0.117. The first-order chi connectivity index (χ1) is 12.7. The molecule has 2 N–H and O–H groups in total. The normalized spacial score (nSPS) is 12.3. The molecule has 0 spiro atoms. The van der Waals surface area contributed by atoms with E-state index in [0.717, 1.165) is 11.1 Å². The van der Waals surface area contributed by atoms with Crippen molar-refractivity contribution in [1.29, 1.82) is 0 Å². The van der Waals surface area contributed by atoms with Crippen molar-refractivity contribution < 1.29 is 22.7 Å². The van der Waals surface area contributed by atoms with Crippen molar-refractivity contribution in [3.63, 3.8) is 0 Å². The maximum atomic E-state index is 12.6. The number of anilines is 1. The molecule has 0 heterocycles. The second-order valence-electron chi connectivity index (χ2n) is 6.17. The Morgan fingerprint density at radius 3 is 2.26 bits per heavy atom. The van der Waals surface area contributed by atoms with Crippen LogP contribution in [-0.4, -0.2) is 34.6 Å². The van der Waals surface area contributed by atoms with Crippen molar-refractivity contribution >= 4 is 21.6 Å². The van der Waals surface area contributed by atoms with E-state index in [1.54, 1.807) is 6.07 Å². The topological polar surface area (TPSA) is 93.7 Å². The van der Waals surface area contributed by atoms with Crippen LogP contribution in [0.2, 0.25) is 0 Å². The predicted molar refractivity (Wildman–Crippen MR) is 104 cm³/mol. The third kappa shape index (κ3) is 4.99. The van der Waals surface area contributed by atoms with E-state index in [1.807, 2.05) is 26.0 Å². The maximum Gasteiger partial charge on any atom is 0.242 e. The van der Waals surface area contributed by atoms with Crippen molar-refractivity contribution in [2.75, 3.05) is 19.5 Å². The summed E-state index contributed by atoms with van der Waals surface area (Å²) in [6.07, 6.45) is 0. The Bertz CT molecular complexity index is 941. The van der Waals surface area contributed by atoms with Crippen LogP contribution in [-0.2, 0) is 14.8 Å². The number of aryl methyl sites for hydroxylation is 2. The van der Waals surface area contributed by atoms with Crippen molar-refractivity contribution in [2.24, 2.45) is 0 Å². The average Bonchev–Trinajstić information content (AvgIpc) is 2.62. The number of hydrogen-bond donors (Lipinski definition) is 2. The van der Waals surface area contributed by atoms with Gasteiger partial charge in [0.15, 0.2) is 11.5 Å². The zero-order chi connectivity index (χ0) is 20.2. The summed E-state index contributed by atoms with van der Waals surface area (Å²) in [7, 11) is -1.04. The number of carbonyl (C=O) groups excluding carboxylic acids is 1. The second kappa shape index (κ2) is 8.41. The summed E-state index contributed by atoms with van der Waals surface area (Å²) in [6.45, 7) is 5.32. The number of ether oxygens (including phenoxy) is 2. The van der Waals surface area contributed by atoms with Crippen LogP contribution in [0.25, 0.3) is 0 Å². The zero-order valence-corrected chi connectivity index (χ0v) is 16.8. The molecule has 0 radical (unpaired) electrons. The second-order valence-corrected chi connectivity index (χ2v) is 7.88. The van der Waals surface area contributed by atoms with Crippen LogP contribution >= 0.6 is 0 Å². The van der Waals surface area contributed by atoms with Gasteiger partial charge in [0.2, 0.25) is 15.9 Å². The molecular weight excluding hydrogens is 368 g/mol. The SMILES string of the molecule is COc1ccc(S(=O)(=O)N[C@@H](C)C(=O)Nc2ccc(C)cc2C)cc1OC. The fourth-order valence-corrected chi connectivity index (χ4v) is 3.75. The van der Waals surface area contributed by atoms with Gasteiger partial charge in [0.1, 0.15) is 0 Å². The number of benzene rings is 2. The largest absolute Gasteiger partial charge is 0.493 e. The highest BCUT2D eigenvalue weighted by molar-refractivity contribution is 7.89. The van der Waals surface area contributed by atoms with E-state index < -0.39 is 22.0 Å². The van der Waals surface area contributed by atoms with Crippen LogP contribution in [0.5, 0.6) is 11.5 Å². The van der Waals surface area contributed by atoms with Gasteiger partial charge in [-0.1, -0.05) is 17.7 Å². The molecular formula is C19H24N2O5S. The van der Waals surface area contributed by atoms with Crippen LogP contribution in [0.3, 0.4) is 0 Å². The van der Waals surface area contributed by atoms with Gasteiger partial charge in [0.05, 0.1) is 25.2 Å². The van der Waals surface area contributed by atoms with E-state index in [9.17, 15) is 13.2 Å². The highest BCUT2D eigenvalue weighted by atomic mass is 32.2. The van der Waals surface area contributed by atoms with E-state index in [4.69, 9.17) is 9.47 Å². The minimum atomic E-state index is -3.92. The van der Waals surface area contributed by atoms with Crippen molar-refractivity contribution in [1.82, 2.24) is 4.72 Å². The molecule has 2 rings (SSSR count). The summed E-state index contributed by atoms with van der Waals surface area (Å²) >= 11 is 0. The molecule has 0 aliphatic carbocycles. The third-order valence-corrected chi connectivity index (χ3v) is 5.57. The molecule has 0 fully saturated rings. The molecule has 0 saturated heterocycles. The van der Waals surface area contributed by atoms with Gasteiger partial charge < -0.3 is 14.8 Å². The Kier molecular flexibility index (Phi) is 6.45. The van der Waals surface area contributed by atoms with Gasteiger partial charge in [0, 0.05) is 11.8 Å². The number of hydrogen-bond acceptors (Lipinski definition) is 5. The molecule has 1 atom stereocenters. The minimum absolute atomic E-state index is 0.0219. The fourth-order valence-electron chi connectivity index (χ4n) is 2.53. The van der Waals surface area contributed by atoms with Crippen LogP contribution < -0.4 is 19.5 Å². The number of amides is 1. The monoisotopic (exact) mass is 392 g/mol. The smallest absolute Gasteiger partial charge is 0.242 e. The summed E-state index contributed by atoms with van der Waals surface area (Å²) in [5, 5.41) is 2.74. The average molecular weight is 392 g/mol. The molecule has 7 nitrogen and oxygen atoms in total. The number of methoxy groups -OCH3 is 2. The molecule has 146 valence electrons. The van der Waals surface area contributed by atoms with Crippen LogP contribution in [0.15, 0.2) is 41.3 Å². The van der Waals surface area contributed by atoms with Gasteiger partial charge in [-0.3, -0.25) is 4.79 Å². The lowest BCUT2D eigenvalue weighted by Gasteiger charge is -2.16. The molecule has 1 amide bonds. The van der Waals surface area contributed by atoms with Crippen LogP contribution in [0, 0.1) is 13.8 Å². The first kappa shape index (κ1) is 20.7. The molecule has 8 heteroatoms. The Hall–Kier alpha value is -2.58. The Morgan fingerprint density at radius 1 is 1.00 bits per heavy atom. The molecule has 2 aromatic rings. The molecule has 0 unspecified atom stereocenters. The van der Waals surface area contributed by atoms with Gasteiger partial charge >= 0.3 is 0 Å². The Morgan fingerprint density at radius 2 is 1.67 bits per heavy atom. The summed E-state index contributed by atoms with van der Waals surface area (Å²) in [4.78, 5) is 12.4. The number of carbonyl (C=O) groups is 1. The standard InChI is InChI=1S/C19H24N2O5S/c1-12-6-8-16(13(2)10-12)20-19(22)14(3)21-27(23,24)15-7-9-17(25-4)18(11-15)26-5/h6-11,14,21H,1-5H3,(H,20,22)/t14-/m0/s1. The van der Waals surface area contributed by atoms with Gasteiger partial charge in [0.25, 0.3) is 0 Å². The minimum Gasteiger partial charge on any atom is -0.493 e. The number of nitrogens with one attached hydrogen (secondary N) is 2. The van der Waals surface area contributed by atoms with Gasteiger partial charge in [-0.25, -0.2) is 8.42 Å². The zero-order valence-electron chi connectivity index (χ0n) is 16.0. The van der Waals surface area contributed by atoms with Gasteiger partial charge in [-0.2, -0.15) is 4.72 Å².